The van der Waals surface area contributed by atoms with E-state index in [-0.39, 0.29) is 16.6 Å². The van der Waals surface area contributed by atoms with Gasteiger partial charge in [-0.1, -0.05) is 11.6 Å². The van der Waals surface area contributed by atoms with Crippen LogP contribution < -0.4 is 5.73 Å². The number of sulfone groups is 1. The van der Waals surface area contributed by atoms with Crippen molar-refractivity contribution >= 4 is 27.3 Å². The van der Waals surface area contributed by atoms with Gasteiger partial charge in [0.1, 0.15) is 5.82 Å². The lowest BCUT2D eigenvalue weighted by Crippen LogP contribution is -2.02. The Morgan fingerprint density at radius 1 is 1.47 bits per heavy atom. The van der Waals surface area contributed by atoms with Crippen molar-refractivity contribution < 1.29 is 12.8 Å². The van der Waals surface area contributed by atoms with E-state index in [0.29, 0.717) is 16.8 Å². The SMILES string of the molecule is CS(=O)(=O)Cc1[nH]nc(N)c1-c1ccc(F)cc1Cl. The Kier molecular flexibility index (Phi) is 3.51. The van der Waals surface area contributed by atoms with Crippen LogP contribution in [0.1, 0.15) is 5.69 Å². The summed E-state index contributed by atoms with van der Waals surface area (Å²) in [5.41, 5.74) is 6.86. The van der Waals surface area contributed by atoms with Crippen molar-refractivity contribution in [3.63, 3.8) is 0 Å². The van der Waals surface area contributed by atoms with Crippen LogP contribution >= 0.6 is 11.6 Å². The van der Waals surface area contributed by atoms with Gasteiger partial charge in [-0.25, -0.2) is 12.8 Å². The third kappa shape index (κ3) is 3.05. The number of aromatic amines is 1. The molecule has 3 N–H and O–H groups in total. The maximum Gasteiger partial charge on any atom is 0.153 e. The molecule has 0 bridgehead atoms. The number of nitrogen functional groups attached to an aromatic ring is 1. The maximum atomic E-state index is 13.0. The summed E-state index contributed by atoms with van der Waals surface area (Å²) in [6.45, 7) is 0. The molecule has 102 valence electrons. The molecule has 19 heavy (non-hydrogen) atoms. The summed E-state index contributed by atoms with van der Waals surface area (Å²) in [7, 11) is -3.26. The molecule has 1 heterocycles. The second-order valence-corrected chi connectivity index (χ2v) is 6.70. The highest BCUT2D eigenvalue weighted by molar-refractivity contribution is 7.89. The fourth-order valence-electron chi connectivity index (χ4n) is 1.75. The molecular formula is C11H11ClFN3O2S. The van der Waals surface area contributed by atoms with E-state index in [0.717, 1.165) is 12.3 Å². The zero-order valence-corrected chi connectivity index (χ0v) is 11.5. The fraction of sp³-hybridized carbons (Fsp3) is 0.182. The van der Waals surface area contributed by atoms with Crippen LogP contribution in [0.15, 0.2) is 18.2 Å². The number of halogens is 2. The van der Waals surface area contributed by atoms with Gasteiger partial charge in [-0.2, -0.15) is 5.10 Å². The van der Waals surface area contributed by atoms with E-state index >= 15 is 0 Å². The van der Waals surface area contributed by atoms with Crippen LogP contribution in [0.3, 0.4) is 0 Å². The monoisotopic (exact) mass is 303 g/mol. The van der Waals surface area contributed by atoms with Crippen LogP contribution in [0.25, 0.3) is 11.1 Å². The lowest BCUT2D eigenvalue weighted by molar-refractivity contribution is 0.600. The highest BCUT2D eigenvalue weighted by atomic mass is 35.5. The van der Waals surface area contributed by atoms with Crippen molar-refractivity contribution in [1.82, 2.24) is 10.2 Å². The molecule has 1 aromatic heterocycles. The molecule has 0 radical (unpaired) electrons. The summed E-state index contributed by atoms with van der Waals surface area (Å²) in [6, 6.07) is 3.79. The predicted octanol–water partition coefficient (Wildman–Crippen LogP) is 2.00. The van der Waals surface area contributed by atoms with E-state index in [2.05, 4.69) is 10.2 Å². The van der Waals surface area contributed by atoms with E-state index in [1.54, 1.807) is 0 Å². The zero-order valence-electron chi connectivity index (χ0n) is 9.94. The van der Waals surface area contributed by atoms with Crippen LogP contribution in [-0.4, -0.2) is 24.9 Å². The number of anilines is 1. The van der Waals surface area contributed by atoms with Gasteiger partial charge in [0.05, 0.1) is 16.5 Å². The first kappa shape index (κ1) is 13.8. The van der Waals surface area contributed by atoms with Crippen LogP contribution in [0, 0.1) is 5.82 Å². The molecule has 0 fully saturated rings. The molecule has 2 aromatic rings. The first-order chi connectivity index (χ1) is 8.78. The number of nitrogens with one attached hydrogen (secondary N) is 1. The molecule has 0 atom stereocenters. The molecule has 0 amide bonds. The maximum absolute atomic E-state index is 13.0. The van der Waals surface area contributed by atoms with Gasteiger partial charge >= 0.3 is 0 Å². The largest absolute Gasteiger partial charge is 0.382 e. The Bertz CT molecular complexity index is 728. The van der Waals surface area contributed by atoms with Gasteiger partial charge in [-0.05, 0) is 18.2 Å². The Morgan fingerprint density at radius 2 is 2.16 bits per heavy atom. The molecule has 0 aliphatic rings. The predicted molar refractivity (Wildman–Crippen MR) is 72.0 cm³/mol. The minimum Gasteiger partial charge on any atom is -0.382 e. The molecule has 0 saturated heterocycles. The van der Waals surface area contributed by atoms with Gasteiger partial charge in [-0.3, -0.25) is 5.10 Å². The molecule has 2 rings (SSSR count). The second kappa shape index (κ2) is 4.82. The molecule has 5 nitrogen and oxygen atoms in total. The molecule has 0 aliphatic heterocycles. The van der Waals surface area contributed by atoms with Gasteiger partial charge in [0, 0.05) is 17.4 Å². The van der Waals surface area contributed by atoms with E-state index in [1.165, 1.54) is 12.1 Å². The topological polar surface area (TPSA) is 88.8 Å². The van der Waals surface area contributed by atoms with E-state index in [1.807, 2.05) is 0 Å². The van der Waals surface area contributed by atoms with E-state index in [9.17, 15) is 12.8 Å². The number of nitrogens with zero attached hydrogens (tertiary/aromatic N) is 1. The first-order valence-corrected chi connectivity index (χ1v) is 7.67. The normalized spacial score (nSPS) is 11.7. The average molecular weight is 304 g/mol. The highest BCUT2D eigenvalue weighted by Crippen LogP contribution is 2.34. The van der Waals surface area contributed by atoms with E-state index < -0.39 is 15.7 Å². The first-order valence-electron chi connectivity index (χ1n) is 5.24. The molecule has 0 saturated carbocycles. The Hall–Kier alpha value is -1.60. The average Bonchev–Trinajstić information content (AvgIpc) is 2.58. The number of benzene rings is 1. The summed E-state index contributed by atoms with van der Waals surface area (Å²) in [5.74, 6) is -0.618. The second-order valence-electron chi connectivity index (χ2n) is 4.16. The van der Waals surface area contributed by atoms with Crippen molar-refractivity contribution in [3.05, 3.63) is 34.7 Å². The molecule has 1 aromatic carbocycles. The Balaban J connectivity index is 2.58. The Labute approximate surface area is 114 Å². The molecular weight excluding hydrogens is 293 g/mol. The number of hydrogen-bond donors (Lipinski definition) is 2. The fourth-order valence-corrected chi connectivity index (χ4v) is 2.75. The molecule has 0 unspecified atom stereocenters. The van der Waals surface area contributed by atoms with E-state index in [4.69, 9.17) is 17.3 Å². The van der Waals surface area contributed by atoms with Crippen LogP contribution in [0.4, 0.5) is 10.2 Å². The standard InChI is InChI=1S/C11H11ClFN3O2S/c1-19(17,18)5-9-10(11(14)16-15-9)7-3-2-6(13)4-8(7)12/h2-4H,5H2,1H3,(H3,14,15,16). The van der Waals surface area contributed by atoms with Gasteiger partial charge in [-0.15, -0.1) is 0 Å². The molecule has 0 aliphatic carbocycles. The smallest absolute Gasteiger partial charge is 0.153 e. The number of rotatable bonds is 3. The van der Waals surface area contributed by atoms with Crippen LogP contribution in [0.5, 0.6) is 0 Å². The zero-order chi connectivity index (χ0) is 14.2. The number of hydrogen-bond acceptors (Lipinski definition) is 4. The summed E-state index contributed by atoms with van der Waals surface area (Å²) >= 11 is 5.95. The van der Waals surface area contributed by atoms with Crippen LogP contribution in [-0.2, 0) is 15.6 Å². The lowest BCUT2D eigenvalue weighted by atomic mass is 10.1. The third-order valence-electron chi connectivity index (χ3n) is 2.48. The number of aromatic nitrogens is 2. The van der Waals surface area contributed by atoms with Gasteiger partial charge in [0.25, 0.3) is 0 Å². The van der Waals surface area contributed by atoms with Gasteiger partial charge in [0.15, 0.2) is 15.7 Å². The summed E-state index contributed by atoms with van der Waals surface area (Å²) in [6.07, 6.45) is 1.10. The van der Waals surface area contributed by atoms with Crippen molar-refractivity contribution in [2.45, 2.75) is 5.75 Å². The minimum atomic E-state index is -3.26. The minimum absolute atomic E-state index is 0.118. The number of nitrogens with two attached hydrogens (primary N) is 1. The van der Waals surface area contributed by atoms with Crippen molar-refractivity contribution in [3.8, 4) is 11.1 Å². The lowest BCUT2D eigenvalue weighted by Gasteiger charge is -2.06. The summed E-state index contributed by atoms with van der Waals surface area (Å²) < 4.78 is 35.7. The third-order valence-corrected chi connectivity index (χ3v) is 3.60. The van der Waals surface area contributed by atoms with Crippen LogP contribution in [0.2, 0.25) is 5.02 Å². The van der Waals surface area contributed by atoms with Crippen molar-refractivity contribution in [1.29, 1.82) is 0 Å². The van der Waals surface area contributed by atoms with Crippen molar-refractivity contribution in [2.24, 2.45) is 0 Å². The van der Waals surface area contributed by atoms with Gasteiger partial charge in [0.2, 0.25) is 0 Å². The number of H-pyrrole nitrogens is 1. The Morgan fingerprint density at radius 3 is 2.74 bits per heavy atom. The van der Waals surface area contributed by atoms with Crippen molar-refractivity contribution in [2.75, 3.05) is 12.0 Å². The highest BCUT2D eigenvalue weighted by Gasteiger charge is 2.19. The molecule has 8 heteroatoms. The summed E-state index contributed by atoms with van der Waals surface area (Å²) in [4.78, 5) is 0. The summed E-state index contributed by atoms with van der Waals surface area (Å²) in [5, 5.41) is 6.48. The quantitative estimate of drug-likeness (QED) is 0.907. The molecule has 0 spiro atoms. The van der Waals surface area contributed by atoms with Gasteiger partial charge < -0.3 is 5.73 Å².